The molecule has 2 heterocycles. The minimum Gasteiger partial charge on any atom is -0.497 e. The lowest BCUT2D eigenvalue weighted by molar-refractivity contribution is -0.138. The van der Waals surface area contributed by atoms with E-state index in [9.17, 15) is 4.79 Å². The Kier molecular flexibility index (Phi) is 5.43. The largest absolute Gasteiger partial charge is 0.497 e. The minimum atomic E-state index is 0.0216. The SMILES string of the molecule is COc1ccc(COCC(=O)N2CCC[C@H](n3cncn3)C2)cc1. The number of likely N-dealkylation sites (tertiary alicyclic amines) is 1. The second-order valence-corrected chi connectivity index (χ2v) is 5.85. The van der Waals surface area contributed by atoms with Gasteiger partial charge in [0.15, 0.2) is 0 Å². The fraction of sp³-hybridized carbons (Fsp3) is 0.471. The Morgan fingerprint density at radius 2 is 2.17 bits per heavy atom. The standard InChI is InChI=1S/C17H22N4O3/c1-23-16-6-4-14(5-7-16)10-24-11-17(22)20-8-2-3-15(9-20)21-13-18-12-19-21/h4-7,12-13,15H,2-3,8-11H2,1H3/t15-/m0/s1. The number of carbonyl (C=O) groups excluding carboxylic acids is 1. The maximum Gasteiger partial charge on any atom is 0.248 e. The van der Waals surface area contributed by atoms with Crippen molar-refractivity contribution in [1.29, 1.82) is 0 Å². The number of rotatable bonds is 6. The van der Waals surface area contributed by atoms with Gasteiger partial charge in [-0.15, -0.1) is 0 Å². The first-order valence-corrected chi connectivity index (χ1v) is 8.09. The zero-order valence-corrected chi connectivity index (χ0v) is 13.8. The topological polar surface area (TPSA) is 69.5 Å². The molecule has 1 aliphatic heterocycles. The number of piperidine rings is 1. The van der Waals surface area contributed by atoms with Gasteiger partial charge in [-0.3, -0.25) is 4.79 Å². The van der Waals surface area contributed by atoms with Gasteiger partial charge in [0.2, 0.25) is 5.91 Å². The van der Waals surface area contributed by atoms with Gasteiger partial charge in [0.05, 0.1) is 19.8 Å². The summed E-state index contributed by atoms with van der Waals surface area (Å²) in [5, 5.41) is 4.18. The Hall–Kier alpha value is -2.41. The molecule has 1 atom stereocenters. The van der Waals surface area contributed by atoms with Gasteiger partial charge in [0, 0.05) is 13.1 Å². The van der Waals surface area contributed by atoms with Crippen molar-refractivity contribution in [3.8, 4) is 5.75 Å². The molecular formula is C17H22N4O3. The molecule has 24 heavy (non-hydrogen) atoms. The van der Waals surface area contributed by atoms with Gasteiger partial charge in [0.1, 0.15) is 25.0 Å². The van der Waals surface area contributed by atoms with E-state index in [0.29, 0.717) is 13.2 Å². The van der Waals surface area contributed by atoms with E-state index in [2.05, 4.69) is 10.1 Å². The predicted molar refractivity (Wildman–Crippen MR) is 87.5 cm³/mol. The second kappa shape index (κ2) is 7.92. The van der Waals surface area contributed by atoms with Crippen molar-refractivity contribution in [2.75, 3.05) is 26.8 Å². The molecule has 0 N–H and O–H groups in total. The zero-order valence-electron chi connectivity index (χ0n) is 13.8. The van der Waals surface area contributed by atoms with Gasteiger partial charge in [0.25, 0.3) is 0 Å². The van der Waals surface area contributed by atoms with Gasteiger partial charge < -0.3 is 14.4 Å². The van der Waals surface area contributed by atoms with Gasteiger partial charge >= 0.3 is 0 Å². The van der Waals surface area contributed by atoms with Crippen molar-refractivity contribution >= 4 is 5.91 Å². The number of nitrogens with zero attached hydrogens (tertiary/aromatic N) is 4. The first-order valence-electron chi connectivity index (χ1n) is 8.09. The van der Waals surface area contributed by atoms with E-state index in [0.717, 1.165) is 30.7 Å². The Labute approximate surface area is 141 Å². The molecule has 3 rings (SSSR count). The van der Waals surface area contributed by atoms with Crippen LogP contribution in [-0.4, -0.2) is 52.4 Å². The van der Waals surface area contributed by atoms with E-state index in [1.807, 2.05) is 33.8 Å². The van der Waals surface area contributed by atoms with Crippen LogP contribution in [0.3, 0.4) is 0 Å². The van der Waals surface area contributed by atoms with Crippen molar-refractivity contribution in [3.63, 3.8) is 0 Å². The second-order valence-electron chi connectivity index (χ2n) is 5.85. The molecule has 2 aromatic rings. The number of benzene rings is 1. The van der Waals surface area contributed by atoms with Crippen molar-refractivity contribution in [2.24, 2.45) is 0 Å². The summed E-state index contributed by atoms with van der Waals surface area (Å²) in [6, 6.07) is 7.84. The molecule has 0 spiro atoms. The van der Waals surface area contributed by atoms with Gasteiger partial charge in [-0.25, -0.2) is 9.67 Å². The summed E-state index contributed by atoms with van der Waals surface area (Å²) < 4.78 is 12.5. The highest BCUT2D eigenvalue weighted by Gasteiger charge is 2.25. The third-order valence-electron chi connectivity index (χ3n) is 4.21. The highest BCUT2D eigenvalue weighted by atomic mass is 16.5. The fourth-order valence-corrected chi connectivity index (χ4v) is 2.87. The average molecular weight is 330 g/mol. The molecule has 7 heteroatoms. The Morgan fingerprint density at radius 3 is 2.88 bits per heavy atom. The number of amides is 1. The van der Waals surface area contributed by atoms with Gasteiger partial charge in [-0.2, -0.15) is 5.10 Å². The lowest BCUT2D eigenvalue weighted by Gasteiger charge is -2.32. The molecule has 1 amide bonds. The third-order valence-corrected chi connectivity index (χ3v) is 4.21. The van der Waals surface area contributed by atoms with E-state index < -0.39 is 0 Å². The molecule has 0 radical (unpaired) electrons. The summed E-state index contributed by atoms with van der Waals surface area (Å²) in [5.74, 6) is 0.829. The molecule has 7 nitrogen and oxygen atoms in total. The molecule has 0 aliphatic carbocycles. The van der Waals surface area contributed by atoms with Crippen LogP contribution in [0.1, 0.15) is 24.4 Å². The monoisotopic (exact) mass is 330 g/mol. The lowest BCUT2D eigenvalue weighted by atomic mass is 10.1. The van der Waals surface area contributed by atoms with E-state index >= 15 is 0 Å². The summed E-state index contributed by atoms with van der Waals surface area (Å²) in [4.78, 5) is 18.2. The minimum absolute atomic E-state index is 0.0216. The van der Waals surface area contributed by atoms with Crippen LogP contribution in [0, 0.1) is 0 Å². The first-order chi connectivity index (χ1) is 11.8. The molecule has 1 fully saturated rings. The fourth-order valence-electron chi connectivity index (χ4n) is 2.87. The van der Waals surface area contributed by atoms with Crippen LogP contribution in [0.25, 0.3) is 0 Å². The lowest BCUT2D eigenvalue weighted by Crippen LogP contribution is -2.42. The van der Waals surface area contributed by atoms with Crippen LogP contribution in [0.4, 0.5) is 0 Å². The molecule has 1 aromatic heterocycles. The summed E-state index contributed by atoms with van der Waals surface area (Å²) in [6.45, 7) is 1.94. The van der Waals surface area contributed by atoms with Crippen molar-refractivity contribution in [2.45, 2.75) is 25.5 Å². The first kappa shape index (κ1) is 16.4. The number of aromatic nitrogens is 3. The summed E-state index contributed by atoms with van der Waals surface area (Å²) in [5.41, 5.74) is 1.02. The van der Waals surface area contributed by atoms with E-state index in [-0.39, 0.29) is 18.6 Å². The number of ether oxygens (including phenoxy) is 2. The summed E-state index contributed by atoms with van der Waals surface area (Å²) in [7, 11) is 1.63. The quantitative estimate of drug-likeness (QED) is 0.806. The van der Waals surface area contributed by atoms with Gasteiger partial charge in [-0.05, 0) is 30.5 Å². The molecule has 128 valence electrons. The maximum atomic E-state index is 12.3. The van der Waals surface area contributed by atoms with Crippen LogP contribution in [0.2, 0.25) is 0 Å². The van der Waals surface area contributed by atoms with Crippen LogP contribution in [0.15, 0.2) is 36.9 Å². The Morgan fingerprint density at radius 1 is 1.33 bits per heavy atom. The zero-order chi connectivity index (χ0) is 16.8. The third kappa shape index (κ3) is 4.11. The number of methoxy groups -OCH3 is 1. The summed E-state index contributed by atoms with van der Waals surface area (Å²) in [6.07, 6.45) is 5.21. The van der Waals surface area contributed by atoms with Crippen LogP contribution in [0.5, 0.6) is 5.75 Å². The Bertz CT molecular complexity index is 642. The molecule has 0 bridgehead atoms. The highest BCUT2D eigenvalue weighted by molar-refractivity contribution is 5.77. The van der Waals surface area contributed by atoms with Crippen LogP contribution >= 0.6 is 0 Å². The molecule has 0 saturated carbocycles. The number of carbonyl (C=O) groups is 1. The van der Waals surface area contributed by atoms with Gasteiger partial charge in [-0.1, -0.05) is 12.1 Å². The van der Waals surface area contributed by atoms with Crippen molar-refractivity contribution < 1.29 is 14.3 Å². The molecule has 0 unspecified atom stereocenters. The molecule has 1 aliphatic rings. The highest BCUT2D eigenvalue weighted by Crippen LogP contribution is 2.20. The van der Waals surface area contributed by atoms with Crippen molar-refractivity contribution in [1.82, 2.24) is 19.7 Å². The van der Waals surface area contributed by atoms with Crippen LogP contribution < -0.4 is 4.74 Å². The average Bonchev–Trinajstić information content (AvgIpc) is 3.17. The maximum absolute atomic E-state index is 12.3. The predicted octanol–water partition coefficient (Wildman–Crippen LogP) is 1.67. The molecular weight excluding hydrogens is 308 g/mol. The van der Waals surface area contributed by atoms with E-state index in [4.69, 9.17) is 9.47 Å². The Balaban J connectivity index is 1.45. The van der Waals surface area contributed by atoms with E-state index in [1.165, 1.54) is 6.33 Å². The normalized spacial score (nSPS) is 17.7. The summed E-state index contributed by atoms with van der Waals surface area (Å²) >= 11 is 0. The molecule has 1 aromatic carbocycles. The van der Waals surface area contributed by atoms with Crippen molar-refractivity contribution in [3.05, 3.63) is 42.5 Å². The van der Waals surface area contributed by atoms with E-state index in [1.54, 1.807) is 13.4 Å². The molecule has 1 saturated heterocycles. The number of hydrogen-bond acceptors (Lipinski definition) is 5. The number of hydrogen-bond donors (Lipinski definition) is 0. The smallest absolute Gasteiger partial charge is 0.248 e. The van der Waals surface area contributed by atoms with Crippen LogP contribution in [-0.2, 0) is 16.1 Å².